The Morgan fingerprint density at radius 2 is 1.89 bits per heavy atom. The van der Waals surface area contributed by atoms with Crippen LogP contribution in [-0.2, 0) is 11.3 Å². The molecular formula is C23H36N2O2. The first-order valence-electron chi connectivity index (χ1n) is 10.5. The molecule has 2 fully saturated rings. The van der Waals surface area contributed by atoms with Crippen molar-refractivity contribution >= 4 is 5.91 Å². The number of nitrogens with zero attached hydrogens (tertiary/aromatic N) is 2. The van der Waals surface area contributed by atoms with Crippen LogP contribution < -0.4 is 0 Å². The van der Waals surface area contributed by atoms with E-state index in [4.69, 9.17) is 0 Å². The molecule has 1 aromatic rings. The topological polar surface area (TPSA) is 43.8 Å². The number of piperidine rings is 1. The molecule has 1 amide bonds. The van der Waals surface area contributed by atoms with Crippen LogP contribution in [0.15, 0.2) is 24.3 Å². The summed E-state index contributed by atoms with van der Waals surface area (Å²) < 4.78 is 0. The largest absolute Gasteiger partial charge is 0.396 e. The van der Waals surface area contributed by atoms with Gasteiger partial charge in [0.05, 0.1) is 6.61 Å². The quantitative estimate of drug-likeness (QED) is 0.831. The monoisotopic (exact) mass is 372 g/mol. The smallest absolute Gasteiger partial charge is 0.222 e. The summed E-state index contributed by atoms with van der Waals surface area (Å²) in [7, 11) is 0. The van der Waals surface area contributed by atoms with Crippen molar-refractivity contribution in [2.24, 2.45) is 17.3 Å². The van der Waals surface area contributed by atoms with Gasteiger partial charge in [-0.2, -0.15) is 0 Å². The van der Waals surface area contributed by atoms with Crippen LogP contribution in [0.1, 0.15) is 57.6 Å². The van der Waals surface area contributed by atoms with Crippen LogP contribution in [0, 0.1) is 17.3 Å². The molecule has 1 N–H and O–H groups in total. The third-order valence-corrected chi connectivity index (χ3v) is 6.44. The standard InChI is InChI=1S/C23H36N2O2/c1-17(2)11-22(27)25-10-9-21-13-24(14-23(21,15-25)16-26)12-19-5-7-20(8-6-19)18(3)4/h5-8,17-18,21,26H,9-16H2,1-4H3/t21-,23-/m0/s1. The number of hydrogen-bond acceptors (Lipinski definition) is 3. The van der Waals surface area contributed by atoms with E-state index in [0.29, 0.717) is 30.7 Å². The molecular weight excluding hydrogens is 336 g/mol. The fraction of sp³-hybridized carbons (Fsp3) is 0.696. The van der Waals surface area contributed by atoms with Gasteiger partial charge in [-0.25, -0.2) is 0 Å². The van der Waals surface area contributed by atoms with Crippen molar-refractivity contribution in [1.29, 1.82) is 0 Å². The molecule has 1 aromatic carbocycles. The van der Waals surface area contributed by atoms with Crippen LogP contribution >= 0.6 is 0 Å². The van der Waals surface area contributed by atoms with Gasteiger partial charge in [0, 0.05) is 44.6 Å². The van der Waals surface area contributed by atoms with Crippen LogP contribution in [-0.4, -0.2) is 53.6 Å². The minimum absolute atomic E-state index is 0.150. The maximum atomic E-state index is 12.5. The van der Waals surface area contributed by atoms with E-state index >= 15 is 0 Å². The Labute approximate surface area is 164 Å². The van der Waals surface area contributed by atoms with Gasteiger partial charge in [-0.05, 0) is 35.3 Å². The lowest BCUT2D eigenvalue weighted by molar-refractivity contribution is -0.137. The van der Waals surface area contributed by atoms with Gasteiger partial charge in [0.15, 0.2) is 0 Å². The van der Waals surface area contributed by atoms with Crippen molar-refractivity contribution in [3.8, 4) is 0 Å². The number of aliphatic hydroxyl groups excluding tert-OH is 1. The Morgan fingerprint density at radius 3 is 2.48 bits per heavy atom. The summed E-state index contributed by atoms with van der Waals surface area (Å²) in [4.78, 5) is 17.0. The van der Waals surface area contributed by atoms with Crippen molar-refractivity contribution in [2.75, 3.05) is 32.8 Å². The second-order valence-corrected chi connectivity index (χ2v) is 9.49. The molecule has 3 rings (SSSR count). The predicted octanol–water partition coefficient (Wildman–Crippen LogP) is 3.50. The Hall–Kier alpha value is -1.39. The molecule has 0 radical (unpaired) electrons. The normalized spacial score (nSPS) is 26.0. The van der Waals surface area contributed by atoms with E-state index < -0.39 is 0 Å². The molecule has 2 heterocycles. The summed E-state index contributed by atoms with van der Waals surface area (Å²) in [6, 6.07) is 8.94. The number of hydrogen-bond donors (Lipinski definition) is 1. The van der Waals surface area contributed by atoms with Gasteiger partial charge in [-0.15, -0.1) is 0 Å². The number of likely N-dealkylation sites (tertiary alicyclic amines) is 2. The van der Waals surface area contributed by atoms with Crippen LogP contribution in [0.5, 0.6) is 0 Å². The Balaban J connectivity index is 1.65. The molecule has 4 nitrogen and oxygen atoms in total. The molecule has 150 valence electrons. The van der Waals surface area contributed by atoms with Crippen molar-refractivity contribution in [3.05, 3.63) is 35.4 Å². The van der Waals surface area contributed by atoms with E-state index in [-0.39, 0.29) is 17.9 Å². The maximum absolute atomic E-state index is 12.5. The molecule has 0 bridgehead atoms. The first-order chi connectivity index (χ1) is 12.8. The van der Waals surface area contributed by atoms with Crippen molar-refractivity contribution in [2.45, 2.75) is 53.0 Å². The van der Waals surface area contributed by atoms with E-state index in [1.165, 1.54) is 11.1 Å². The van der Waals surface area contributed by atoms with Gasteiger partial charge >= 0.3 is 0 Å². The second-order valence-electron chi connectivity index (χ2n) is 9.49. The summed E-state index contributed by atoms with van der Waals surface area (Å²) in [6.07, 6.45) is 1.62. The summed E-state index contributed by atoms with van der Waals surface area (Å²) >= 11 is 0. The third kappa shape index (κ3) is 4.55. The summed E-state index contributed by atoms with van der Waals surface area (Å²) in [6.45, 7) is 13.2. The molecule has 2 aliphatic heterocycles. The molecule has 4 heteroatoms. The van der Waals surface area contributed by atoms with E-state index in [1.54, 1.807) is 0 Å². The third-order valence-electron chi connectivity index (χ3n) is 6.44. The lowest BCUT2D eigenvalue weighted by atomic mass is 9.74. The van der Waals surface area contributed by atoms with Crippen molar-refractivity contribution in [1.82, 2.24) is 9.80 Å². The lowest BCUT2D eigenvalue weighted by Crippen LogP contribution is -2.52. The molecule has 0 spiro atoms. The number of amides is 1. The van der Waals surface area contributed by atoms with E-state index in [2.05, 4.69) is 56.9 Å². The highest BCUT2D eigenvalue weighted by Crippen LogP contribution is 2.42. The number of aliphatic hydroxyl groups is 1. The van der Waals surface area contributed by atoms with Crippen LogP contribution in [0.2, 0.25) is 0 Å². The molecule has 2 atom stereocenters. The minimum atomic E-state index is -0.150. The van der Waals surface area contributed by atoms with Gasteiger partial charge in [0.25, 0.3) is 0 Å². The molecule has 2 saturated heterocycles. The fourth-order valence-electron chi connectivity index (χ4n) is 4.80. The minimum Gasteiger partial charge on any atom is -0.396 e. The highest BCUT2D eigenvalue weighted by Gasteiger charge is 2.49. The van der Waals surface area contributed by atoms with Gasteiger partial charge < -0.3 is 10.0 Å². The van der Waals surface area contributed by atoms with E-state index in [1.807, 2.05) is 4.90 Å². The predicted molar refractivity (Wildman–Crippen MR) is 109 cm³/mol. The van der Waals surface area contributed by atoms with Gasteiger partial charge in [0.2, 0.25) is 5.91 Å². The zero-order valence-corrected chi connectivity index (χ0v) is 17.4. The highest BCUT2D eigenvalue weighted by molar-refractivity contribution is 5.76. The van der Waals surface area contributed by atoms with E-state index in [0.717, 1.165) is 32.6 Å². The average Bonchev–Trinajstić information content (AvgIpc) is 2.99. The number of fused-ring (bicyclic) bond motifs is 1. The van der Waals surface area contributed by atoms with Crippen LogP contribution in [0.3, 0.4) is 0 Å². The zero-order chi connectivity index (χ0) is 19.6. The van der Waals surface area contributed by atoms with Gasteiger partial charge in [0.1, 0.15) is 0 Å². The average molecular weight is 373 g/mol. The van der Waals surface area contributed by atoms with Crippen molar-refractivity contribution in [3.63, 3.8) is 0 Å². The zero-order valence-electron chi connectivity index (χ0n) is 17.4. The first-order valence-corrected chi connectivity index (χ1v) is 10.5. The molecule has 0 saturated carbocycles. The van der Waals surface area contributed by atoms with Crippen molar-refractivity contribution < 1.29 is 9.90 Å². The Morgan fingerprint density at radius 1 is 1.19 bits per heavy atom. The molecule has 0 unspecified atom stereocenters. The SMILES string of the molecule is CC(C)CC(=O)N1CC[C@H]2CN(Cc3ccc(C(C)C)cc3)C[C@@]2(CO)C1. The number of carbonyl (C=O) groups is 1. The summed E-state index contributed by atoms with van der Waals surface area (Å²) in [5.41, 5.74) is 2.56. The number of carbonyl (C=O) groups excluding carboxylic acids is 1. The molecule has 27 heavy (non-hydrogen) atoms. The molecule has 0 aliphatic carbocycles. The summed E-state index contributed by atoms with van der Waals surface area (Å²) in [5.74, 6) is 1.68. The van der Waals surface area contributed by atoms with Crippen LogP contribution in [0.25, 0.3) is 0 Å². The Kier molecular flexibility index (Phi) is 6.27. The van der Waals surface area contributed by atoms with Gasteiger partial charge in [-0.1, -0.05) is 52.0 Å². The highest BCUT2D eigenvalue weighted by atomic mass is 16.3. The number of rotatable bonds is 6. The lowest BCUT2D eigenvalue weighted by Gasteiger charge is -2.43. The summed E-state index contributed by atoms with van der Waals surface area (Å²) in [5, 5.41) is 10.3. The second kappa shape index (κ2) is 8.32. The molecule has 2 aliphatic rings. The number of benzene rings is 1. The van der Waals surface area contributed by atoms with Crippen LogP contribution in [0.4, 0.5) is 0 Å². The van der Waals surface area contributed by atoms with E-state index in [9.17, 15) is 9.90 Å². The van der Waals surface area contributed by atoms with Gasteiger partial charge in [-0.3, -0.25) is 9.69 Å². The Bertz CT molecular complexity index is 640. The first kappa shape index (κ1) is 20.3. The fourth-order valence-corrected chi connectivity index (χ4v) is 4.80. The maximum Gasteiger partial charge on any atom is 0.222 e. The molecule has 0 aromatic heterocycles.